The highest BCUT2D eigenvalue weighted by Crippen LogP contribution is 2.34. The summed E-state index contributed by atoms with van der Waals surface area (Å²) < 4.78 is 1.86. The van der Waals surface area contributed by atoms with Crippen molar-refractivity contribution in [2.45, 2.75) is 91.9 Å². The van der Waals surface area contributed by atoms with Crippen LogP contribution in [0.1, 0.15) is 98.0 Å². The first-order chi connectivity index (χ1) is 19.7. The molecule has 0 radical (unpaired) electrons. The van der Waals surface area contributed by atoms with Crippen molar-refractivity contribution < 1.29 is 4.79 Å². The molecule has 1 aromatic carbocycles. The van der Waals surface area contributed by atoms with Crippen molar-refractivity contribution in [1.29, 1.82) is 0 Å². The van der Waals surface area contributed by atoms with E-state index in [-0.39, 0.29) is 35.1 Å². The van der Waals surface area contributed by atoms with Gasteiger partial charge in [-0.05, 0) is 96.6 Å². The molecule has 3 N–H and O–H groups in total. The van der Waals surface area contributed by atoms with Crippen LogP contribution in [0, 0.1) is 13.8 Å². The van der Waals surface area contributed by atoms with Crippen LogP contribution in [-0.2, 0) is 13.0 Å². The summed E-state index contributed by atoms with van der Waals surface area (Å²) >= 11 is 0. The third kappa shape index (κ3) is 5.95. The van der Waals surface area contributed by atoms with Gasteiger partial charge in [-0.15, -0.1) is 0 Å². The van der Waals surface area contributed by atoms with Gasteiger partial charge in [0.1, 0.15) is 0 Å². The van der Waals surface area contributed by atoms with Crippen LogP contribution in [0.15, 0.2) is 53.5 Å². The van der Waals surface area contributed by atoms with Crippen molar-refractivity contribution in [1.82, 2.24) is 30.4 Å². The fourth-order valence-electron chi connectivity index (χ4n) is 6.32. The topological polar surface area (TPSA) is 105 Å². The zero-order chi connectivity index (χ0) is 30.4. The standard InChI is InChI=1S/C34H42N6O2/c1-20(2)40-30-28(19-36-40)26(15-29(38-30)24-16-33(5,6)39-34(7,8)17-24)31(41)35-18-27-21(3)25(22(4)37-32(27)42)14-23-12-10-9-11-13-23/h9-13,15-16,19-20,39H,14,17-18H2,1-8H3,(H,35,41)(H,37,42). The molecule has 42 heavy (non-hydrogen) atoms. The third-order valence-corrected chi connectivity index (χ3v) is 8.04. The van der Waals surface area contributed by atoms with Crippen LogP contribution >= 0.6 is 0 Å². The molecule has 0 saturated carbocycles. The van der Waals surface area contributed by atoms with Crippen LogP contribution in [-0.4, -0.2) is 36.7 Å². The largest absolute Gasteiger partial charge is 0.348 e. The van der Waals surface area contributed by atoms with E-state index in [2.05, 4.69) is 80.5 Å². The summed E-state index contributed by atoms with van der Waals surface area (Å²) in [6.07, 6.45) is 5.39. The number of aryl methyl sites for hydroxylation is 1. The van der Waals surface area contributed by atoms with Crippen LogP contribution in [0.5, 0.6) is 0 Å². The van der Waals surface area contributed by atoms with Gasteiger partial charge >= 0.3 is 0 Å². The number of nitrogens with one attached hydrogen (secondary N) is 3. The van der Waals surface area contributed by atoms with E-state index in [0.717, 1.165) is 40.1 Å². The van der Waals surface area contributed by atoms with Gasteiger partial charge in [-0.3, -0.25) is 9.59 Å². The summed E-state index contributed by atoms with van der Waals surface area (Å²) in [7, 11) is 0. The second-order valence-corrected chi connectivity index (χ2v) is 13.1. The number of benzene rings is 1. The second kappa shape index (κ2) is 11.0. The number of aromatic nitrogens is 4. The Hall–Kier alpha value is -4.04. The quantitative estimate of drug-likeness (QED) is 0.263. The molecule has 0 aliphatic carbocycles. The lowest BCUT2D eigenvalue weighted by molar-refractivity contribution is 0.0952. The minimum Gasteiger partial charge on any atom is -0.348 e. The number of nitrogens with zero attached hydrogens (tertiary/aromatic N) is 3. The van der Waals surface area contributed by atoms with Crippen LogP contribution in [0.3, 0.4) is 0 Å². The Morgan fingerprint density at radius 1 is 1.10 bits per heavy atom. The van der Waals surface area contributed by atoms with Crippen LogP contribution in [0.25, 0.3) is 16.6 Å². The predicted octanol–water partition coefficient (Wildman–Crippen LogP) is 5.77. The Kier molecular flexibility index (Phi) is 7.70. The van der Waals surface area contributed by atoms with Gasteiger partial charge < -0.3 is 15.6 Å². The van der Waals surface area contributed by atoms with E-state index in [4.69, 9.17) is 4.98 Å². The minimum absolute atomic E-state index is 0.0767. The maximum Gasteiger partial charge on any atom is 0.253 e. The molecule has 0 spiro atoms. The number of rotatable bonds is 7. The van der Waals surface area contributed by atoms with E-state index in [1.54, 1.807) is 6.20 Å². The summed E-state index contributed by atoms with van der Waals surface area (Å²) in [6.45, 7) is 16.8. The zero-order valence-corrected chi connectivity index (χ0v) is 26.0. The Morgan fingerprint density at radius 2 is 1.81 bits per heavy atom. The monoisotopic (exact) mass is 566 g/mol. The van der Waals surface area contributed by atoms with Crippen LogP contribution in [0.4, 0.5) is 0 Å². The average Bonchev–Trinajstić information content (AvgIpc) is 3.33. The van der Waals surface area contributed by atoms with Gasteiger partial charge in [0.15, 0.2) is 5.65 Å². The normalized spacial score (nSPS) is 16.1. The number of carbonyl (C=O) groups is 1. The molecule has 1 aliphatic heterocycles. The van der Waals surface area contributed by atoms with Crippen molar-refractivity contribution >= 4 is 22.5 Å². The smallest absolute Gasteiger partial charge is 0.253 e. The molecule has 0 bridgehead atoms. The zero-order valence-electron chi connectivity index (χ0n) is 26.0. The van der Waals surface area contributed by atoms with Crippen molar-refractivity contribution in [3.8, 4) is 0 Å². The molecule has 4 heterocycles. The molecule has 5 rings (SSSR count). The number of fused-ring (bicyclic) bond motifs is 1. The highest BCUT2D eigenvalue weighted by molar-refractivity contribution is 6.06. The highest BCUT2D eigenvalue weighted by atomic mass is 16.1. The lowest BCUT2D eigenvalue weighted by Crippen LogP contribution is -2.53. The first-order valence-corrected chi connectivity index (χ1v) is 14.7. The van der Waals surface area contributed by atoms with E-state index in [1.807, 2.05) is 42.8 Å². The van der Waals surface area contributed by atoms with Gasteiger partial charge in [0.25, 0.3) is 11.5 Å². The summed E-state index contributed by atoms with van der Waals surface area (Å²) in [5, 5.41) is 12.0. The van der Waals surface area contributed by atoms with Crippen LogP contribution < -0.4 is 16.2 Å². The maximum absolute atomic E-state index is 13.8. The summed E-state index contributed by atoms with van der Waals surface area (Å²) in [4.78, 5) is 34.9. The molecule has 1 amide bonds. The van der Waals surface area contributed by atoms with Crippen LogP contribution in [0.2, 0.25) is 0 Å². The maximum atomic E-state index is 13.8. The van der Waals surface area contributed by atoms with Gasteiger partial charge in [-0.2, -0.15) is 5.10 Å². The SMILES string of the molecule is Cc1[nH]c(=O)c(CNC(=O)c2cc(C3=CC(C)(C)NC(C)(C)C3)nc3c2cnn3C(C)C)c(C)c1Cc1ccccc1. The fourth-order valence-corrected chi connectivity index (χ4v) is 6.32. The number of H-pyrrole nitrogens is 1. The Balaban J connectivity index is 1.51. The van der Waals surface area contributed by atoms with Crippen molar-refractivity contribution in [3.05, 3.63) is 98.2 Å². The molecule has 4 aromatic rings. The number of aromatic amines is 1. The van der Waals surface area contributed by atoms with Crippen molar-refractivity contribution in [3.63, 3.8) is 0 Å². The molecular weight excluding hydrogens is 524 g/mol. The summed E-state index contributed by atoms with van der Waals surface area (Å²) in [5.41, 5.74) is 7.05. The molecule has 3 aromatic heterocycles. The van der Waals surface area contributed by atoms with E-state index >= 15 is 0 Å². The summed E-state index contributed by atoms with van der Waals surface area (Å²) in [5.74, 6) is -0.260. The number of amides is 1. The average molecular weight is 567 g/mol. The van der Waals surface area contributed by atoms with Gasteiger partial charge in [-0.1, -0.05) is 36.4 Å². The molecular formula is C34H42N6O2. The lowest BCUT2D eigenvalue weighted by Gasteiger charge is -2.41. The molecule has 8 heteroatoms. The Morgan fingerprint density at radius 3 is 2.48 bits per heavy atom. The number of pyridine rings is 2. The van der Waals surface area contributed by atoms with E-state index < -0.39 is 0 Å². The molecule has 8 nitrogen and oxygen atoms in total. The molecule has 0 atom stereocenters. The number of hydrogen-bond donors (Lipinski definition) is 3. The van der Waals surface area contributed by atoms with E-state index in [9.17, 15) is 9.59 Å². The highest BCUT2D eigenvalue weighted by Gasteiger charge is 2.33. The Labute approximate surface area is 247 Å². The molecule has 0 saturated heterocycles. The Bertz CT molecular complexity index is 1740. The summed E-state index contributed by atoms with van der Waals surface area (Å²) in [6, 6.07) is 12.1. The van der Waals surface area contributed by atoms with Crippen molar-refractivity contribution in [2.24, 2.45) is 0 Å². The van der Waals surface area contributed by atoms with E-state index in [1.165, 1.54) is 0 Å². The first kappa shape index (κ1) is 29.5. The second-order valence-electron chi connectivity index (χ2n) is 13.1. The molecule has 0 fully saturated rings. The fraction of sp³-hybridized carbons (Fsp3) is 0.412. The van der Waals surface area contributed by atoms with E-state index in [0.29, 0.717) is 28.6 Å². The van der Waals surface area contributed by atoms with Gasteiger partial charge in [-0.25, -0.2) is 9.67 Å². The van der Waals surface area contributed by atoms with Gasteiger partial charge in [0, 0.05) is 34.9 Å². The lowest BCUT2D eigenvalue weighted by atomic mass is 9.82. The van der Waals surface area contributed by atoms with Crippen molar-refractivity contribution in [2.75, 3.05) is 0 Å². The third-order valence-electron chi connectivity index (χ3n) is 8.04. The molecule has 220 valence electrons. The predicted molar refractivity (Wildman–Crippen MR) is 169 cm³/mol. The molecule has 0 unspecified atom stereocenters. The first-order valence-electron chi connectivity index (χ1n) is 14.7. The molecule has 1 aliphatic rings. The number of hydrogen-bond acceptors (Lipinski definition) is 5. The van der Waals surface area contributed by atoms with Gasteiger partial charge in [0.2, 0.25) is 0 Å². The van der Waals surface area contributed by atoms with Gasteiger partial charge in [0.05, 0.1) is 22.8 Å². The number of carbonyl (C=O) groups excluding carboxylic acids is 1. The minimum atomic E-state index is -0.260.